The molecule has 1 aromatic heterocycles. The van der Waals surface area contributed by atoms with E-state index in [4.69, 9.17) is 0 Å². The van der Waals surface area contributed by atoms with E-state index in [0.29, 0.717) is 12.0 Å². The van der Waals surface area contributed by atoms with Crippen molar-refractivity contribution in [3.8, 4) is 5.75 Å². The summed E-state index contributed by atoms with van der Waals surface area (Å²) in [6.07, 6.45) is 3.71. The maximum Gasteiger partial charge on any atom is 0.185 e. The highest BCUT2D eigenvalue weighted by Crippen LogP contribution is 2.27. The number of phenolic OH excluding ortho intramolecular Hbond substituents is 1. The number of sulfone groups is 1. The lowest BCUT2D eigenvalue weighted by Crippen LogP contribution is -2.13. The number of benzene rings is 1. The van der Waals surface area contributed by atoms with Crippen LogP contribution in [0.15, 0.2) is 30.3 Å². The summed E-state index contributed by atoms with van der Waals surface area (Å²) in [5, 5.41) is 13.9. The number of hydrogen-bond donors (Lipinski definition) is 1. The number of allylic oxidation sites excluding steroid dienone is 1. The second kappa shape index (κ2) is 6.48. The van der Waals surface area contributed by atoms with Crippen LogP contribution in [0.5, 0.6) is 5.75 Å². The largest absolute Gasteiger partial charge is 0.508 e. The summed E-state index contributed by atoms with van der Waals surface area (Å²) in [7, 11) is -2.99. The molecule has 1 aromatic carbocycles. The van der Waals surface area contributed by atoms with Crippen molar-refractivity contribution in [2.24, 2.45) is 0 Å². The molecule has 0 aliphatic carbocycles. The number of rotatable bonds is 4. The van der Waals surface area contributed by atoms with Crippen LogP contribution in [0.25, 0.3) is 6.08 Å². The molecule has 1 atom stereocenters. The smallest absolute Gasteiger partial charge is 0.185 e. The molecule has 1 aliphatic rings. The van der Waals surface area contributed by atoms with E-state index in [9.17, 15) is 18.3 Å². The molecular formula is C18H20N2O4S. The molecule has 2 heterocycles. The summed E-state index contributed by atoms with van der Waals surface area (Å²) in [4.78, 5) is 12.2. The second-order valence-corrected chi connectivity index (χ2v) is 8.56. The molecular weight excluding hydrogens is 340 g/mol. The molecule has 7 heteroatoms. The van der Waals surface area contributed by atoms with Crippen LogP contribution < -0.4 is 0 Å². The number of carbonyl (C=O) groups excluding carboxylic acids is 1. The molecule has 6 nitrogen and oxygen atoms in total. The van der Waals surface area contributed by atoms with Gasteiger partial charge in [-0.15, -0.1) is 0 Å². The Bertz CT molecular complexity index is 957. The molecule has 132 valence electrons. The summed E-state index contributed by atoms with van der Waals surface area (Å²) >= 11 is 0. The summed E-state index contributed by atoms with van der Waals surface area (Å²) in [5.74, 6) is 0.130. The Morgan fingerprint density at radius 2 is 2.12 bits per heavy atom. The first-order valence-electron chi connectivity index (χ1n) is 8.04. The van der Waals surface area contributed by atoms with Gasteiger partial charge in [0.2, 0.25) is 0 Å². The summed E-state index contributed by atoms with van der Waals surface area (Å²) in [6, 6.07) is 6.03. The number of aromatic hydroxyl groups is 1. The molecule has 25 heavy (non-hydrogen) atoms. The fourth-order valence-electron chi connectivity index (χ4n) is 3.16. The van der Waals surface area contributed by atoms with Crippen LogP contribution in [0, 0.1) is 13.8 Å². The Balaban J connectivity index is 1.85. The molecule has 0 radical (unpaired) electrons. The van der Waals surface area contributed by atoms with Crippen LogP contribution in [0.3, 0.4) is 0 Å². The monoisotopic (exact) mass is 360 g/mol. The molecule has 1 N–H and O–H groups in total. The predicted octanol–water partition coefficient (Wildman–Crippen LogP) is 2.46. The predicted molar refractivity (Wildman–Crippen MR) is 95.5 cm³/mol. The highest BCUT2D eigenvalue weighted by molar-refractivity contribution is 7.91. The van der Waals surface area contributed by atoms with Gasteiger partial charge < -0.3 is 5.11 Å². The third kappa shape index (κ3) is 3.66. The molecule has 1 aliphatic heterocycles. The van der Waals surface area contributed by atoms with Crippen molar-refractivity contribution in [3.05, 3.63) is 52.9 Å². The van der Waals surface area contributed by atoms with Crippen molar-refractivity contribution < 1.29 is 18.3 Å². The molecule has 2 aromatic rings. The third-order valence-corrected chi connectivity index (χ3v) is 6.22. The zero-order chi connectivity index (χ0) is 18.2. The fourth-order valence-corrected chi connectivity index (χ4v) is 4.85. The molecule has 0 unspecified atom stereocenters. The maximum absolute atomic E-state index is 12.2. The van der Waals surface area contributed by atoms with Crippen LogP contribution >= 0.6 is 0 Å². The molecule has 0 amide bonds. The Hall–Kier alpha value is -2.41. The minimum Gasteiger partial charge on any atom is -0.508 e. The van der Waals surface area contributed by atoms with Crippen LogP contribution in [-0.2, 0) is 9.84 Å². The lowest BCUT2D eigenvalue weighted by molar-refractivity contribution is 0.104. The van der Waals surface area contributed by atoms with Gasteiger partial charge in [0.05, 0.1) is 23.2 Å². The highest BCUT2D eigenvalue weighted by Gasteiger charge is 2.31. The van der Waals surface area contributed by atoms with E-state index >= 15 is 0 Å². The standard InChI is InChI=1S/C18H20N2O4S/c1-12-17(6-7-18(22)14-4-3-5-16(21)10-14)13(2)20(19-12)15-8-9-25(23,24)11-15/h3-7,10,15,21H,8-9,11H2,1-2H3/b7-6+/t15-/m0/s1. The Labute approximate surface area is 146 Å². The lowest BCUT2D eigenvalue weighted by atomic mass is 10.1. The first-order chi connectivity index (χ1) is 11.8. The van der Waals surface area contributed by atoms with Gasteiger partial charge in [0.15, 0.2) is 15.6 Å². The zero-order valence-electron chi connectivity index (χ0n) is 14.1. The van der Waals surface area contributed by atoms with Crippen molar-refractivity contribution >= 4 is 21.7 Å². The molecule has 3 rings (SSSR count). The van der Waals surface area contributed by atoms with Crippen molar-refractivity contribution in [2.75, 3.05) is 11.5 Å². The number of phenols is 1. The second-order valence-electron chi connectivity index (χ2n) is 6.33. The zero-order valence-corrected chi connectivity index (χ0v) is 15.0. The van der Waals surface area contributed by atoms with Crippen molar-refractivity contribution in [1.29, 1.82) is 0 Å². The molecule has 1 saturated heterocycles. The van der Waals surface area contributed by atoms with Gasteiger partial charge in [0.25, 0.3) is 0 Å². The molecule has 0 bridgehead atoms. The van der Waals surface area contributed by atoms with E-state index in [1.807, 2.05) is 13.8 Å². The number of nitrogens with zero attached hydrogens (tertiary/aromatic N) is 2. The third-order valence-electron chi connectivity index (χ3n) is 4.47. The van der Waals surface area contributed by atoms with E-state index in [1.165, 1.54) is 18.2 Å². The molecule has 1 fully saturated rings. The Morgan fingerprint density at radius 1 is 1.36 bits per heavy atom. The summed E-state index contributed by atoms with van der Waals surface area (Å²) in [6.45, 7) is 3.72. The van der Waals surface area contributed by atoms with E-state index in [-0.39, 0.29) is 29.1 Å². The van der Waals surface area contributed by atoms with Crippen LogP contribution in [0.2, 0.25) is 0 Å². The van der Waals surface area contributed by atoms with Gasteiger partial charge in [-0.3, -0.25) is 9.48 Å². The van der Waals surface area contributed by atoms with Gasteiger partial charge in [0.1, 0.15) is 5.75 Å². The van der Waals surface area contributed by atoms with Gasteiger partial charge in [-0.05, 0) is 44.6 Å². The van der Waals surface area contributed by atoms with Crippen molar-refractivity contribution in [3.63, 3.8) is 0 Å². The Morgan fingerprint density at radius 3 is 2.76 bits per heavy atom. The fraction of sp³-hybridized carbons (Fsp3) is 0.333. The highest BCUT2D eigenvalue weighted by atomic mass is 32.2. The lowest BCUT2D eigenvalue weighted by Gasteiger charge is -2.10. The minimum absolute atomic E-state index is 0.0434. The van der Waals surface area contributed by atoms with Crippen LogP contribution in [-0.4, -0.2) is 40.6 Å². The van der Waals surface area contributed by atoms with Crippen LogP contribution in [0.4, 0.5) is 0 Å². The average Bonchev–Trinajstić information content (AvgIpc) is 3.04. The minimum atomic E-state index is -2.99. The van der Waals surface area contributed by atoms with Gasteiger partial charge in [-0.1, -0.05) is 12.1 Å². The van der Waals surface area contributed by atoms with Gasteiger partial charge in [0, 0.05) is 16.8 Å². The SMILES string of the molecule is Cc1nn([C@H]2CCS(=O)(=O)C2)c(C)c1/C=C/C(=O)c1cccc(O)c1. The molecule has 0 saturated carbocycles. The number of hydrogen-bond acceptors (Lipinski definition) is 5. The normalized spacial score (nSPS) is 19.5. The average molecular weight is 360 g/mol. The number of carbonyl (C=O) groups is 1. The first-order valence-corrected chi connectivity index (χ1v) is 9.86. The van der Waals surface area contributed by atoms with E-state index in [2.05, 4.69) is 5.10 Å². The van der Waals surface area contributed by atoms with E-state index < -0.39 is 9.84 Å². The first kappa shape index (κ1) is 17.4. The topological polar surface area (TPSA) is 89.3 Å². The summed E-state index contributed by atoms with van der Waals surface area (Å²) < 4.78 is 25.2. The van der Waals surface area contributed by atoms with Crippen molar-refractivity contribution in [2.45, 2.75) is 26.3 Å². The number of aryl methyl sites for hydroxylation is 1. The number of ketones is 1. The summed E-state index contributed by atoms with van der Waals surface area (Å²) in [5.41, 5.74) is 2.82. The van der Waals surface area contributed by atoms with Gasteiger partial charge in [-0.2, -0.15) is 5.10 Å². The maximum atomic E-state index is 12.2. The molecule has 0 spiro atoms. The van der Waals surface area contributed by atoms with Gasteiger partial charge >= 0.3 is 0 Å². The Kier molecular flexibility index (Phi) is 4.51. The van der Waals surface area contributed by atoms with Crippen molar-refractivity contribution in [1.82, 2.24) is 9.78 Å². The number of aromatic nitrogens is 2. The van der Waals surface area contributed by atoms with E-state index in [0.717, 1.165) is 17.0 Å². The van der Waals surface area contributed by atoms with Gasteiger partial charge in [-0.25, -0.2) is 8.42 Å². The van der Waals surface area contributed by atoms with Crippen LogP contribution in [0.1, 0.15) is 39.8 Å². The van der Waals surface area contributed by atoms with E-state index in [1.54, 1.807) is 22.9 Å². The quantitative estimate of drug-likeness (QED) is 0.668.